The number of carboxylic acid groups (broad SMARTS) is 1. The van der Waals surface area contributed by atoms with E-state index in [0.29, 0.717) is 38.9 Å². The third kappa shape index (κ3) is 2.81. The largest absolute Gasteiger partial charge is 0.481 e. The van der Waals surface area contributed by atoms with Gasteiger partial charge in [0, 0.05) is 26.2 Å². The van der Waals surface area contributed by atoms with Crippen LogP contribution in [-0.2, 0) is 4.79 Å². The summed E-state index contributed by atoms with van der Waals surface area (Å²) >= 11 is 0. The van der Waals surface area contributed by atoms with E-state index in [0.717, 1.165) is 13.0 Å². The molecule has 2 aliphatic rings. The molecule has 1 N–H and O–H groups in total. The Morgan fingerprint density at radius 2 is 1.90 bits per heavy atom. The Hall–Kier alpha value is -1.52. The van der Waals surface area contributed by atoms with Crippen molar-refractivity contribution in [2.75, 3.05) is 26.2 Å². The van der Waals surface area contributed by atoms with Crippen molar-refractivity contribution in [2.45, 2.75) is 39.5 Å². The fraction of sp³-hybridized carbons (Fsp3) is 0.733. The molecule has 0 aromatic heterocycles. The van der Waals surface area contributed by atoms with E-state index in [1.54, 1.807) is 0 Å². The minimum atomic E-state index is -0.719. The van der Waals surface area contributed by atoms with Gasteiger partial charge in [-0.05, 0) is 32.6 Å². The molecule has 2 amide bonds. The predicted molar refractivity (Wildman–Crippen MR) is 76.5 cm³/mol. The van der Waals surface area contributed by atoms with E-state index in [4.69, 9.17) is 0 Å². The fourth-order valence-electron chi connectivity index (χ4n) is 2.99. The molecule has 2 heterocycles. The SMILES string of the molecule is CCC1(C(=O)O)CCN(C(=O)N2CC=C(C)CC2)CC1. The van der Waals surface area contributed by atoms with Gasteiger partial charge in [-0.2, -0.15) is 0 Å². The Bertz CT molecular complexity index is 423. The number of carbonyl (C=O) groups is 2. The normalized spacial score (nSPS) is 22.4. The third-order valence-electron chi connectivity index (χ3n) is 4.83. The molecule has 0 aromatic rings. The van der Waals surface area contributed by atoms with Gasteiger partial charge < -0.3 is 14.9 Å². The molecular weight excluding hydrogens is 256 g/mol. The Balaban J connectivity index is 1.94. The monoisotopic (exact) mass is 280 g/mol. The van der Waals surface area contributed by atoms with Gasteiger partial charge in [0.05, 0.1) is 5.41 Å². The molecule has 0 radical (unpaired) electrons. The van der Waals surface area contributed by atoms with Crippen molar-refractivity contribution in [3.63, 3.8) is 0 Å². The first-order valence-corrected chi connectivity index (χ1v) is 7.41. The number of carboxylic acids is 1. The van der Waals surface area contributed by atoms with E-state index in [1.807, 2.05) is 16.7 Å². The van der Waals surface area contributed by atoms with Gasteiger partial charge in [-0.25, -0.2) is 4.79 Å². The van der Waals surface area contributed by atoms with Crippen LogP contribution in [0.25, 0.3) is 0 Å². The quantitative estimate of drug-likeness (QED) is 0.790. The highest BCUT2D eigenvalue weighted by Gasteiger charge is 2.41. The maximum atomic E-state index is 12.4. The average Bonchev–Trinajstić information content (AvgIpc) is 2.47. The number of hydrogen-bond acceptors (Lipinski definition) is 2. The Kier molecular flexibility index (Phi) is 4.35. The topological polar surface area (TPSA) is 60.9 Å². The molecule has 1 fully saturated rings. The summed E-state index contributed by atoms with van der Waals surface area (Å²) in [7, 11) is 0. The molecule has 5 nitrogen and oxygen atoms in total. The van der Waals surface area contributed by atoms with Crippen LogP contribution in [0, 0.1) is 5.41 Å². The van der Waals surface area contributed by atoms with E-state index >= 15 is 0 Å². The Morgan fingerprint density at radius 3 is 2.35 bits per heavy atom. The predicted octanol–water partition coefficient (Wildman–Crippen LogP) is 2.34. The Morgan fingerprint density at radius 1 is 1.25 bits per heavy atom. The summed E-state index contributed by atoms with van der Waals surface area (Å²) in [5.74, 6) is -0.719. The molecule has 1 saturated heterocycles. The minimum absolute atomic E-state index is 0.0591. The number of nitrogens with zero attached hydrogens (tertiary/aromatic N) is 2. The van der Waals surface area contributed by atoms with Crippen molar-refractivity contribution in [2.24, 2.45) is 5.41 Å². The lowest BCUT2D eigenvalue weighted by Gasteiger charge is -2.40. The van der Waals surface area contributed by atoms with Crippen molar-refractivity contribution < 1.29 is 14.7 Å². The van der Waals surface area contributed by atoms with Gasteiger partial charge >= 0.3 is 12.0 Å². The highest BCUT2D eigenvalue weighted by atomic mass is 16.4. The molecule has 0 bridgehead atoms. The van der Waals surface area contributed by atoms with Crippen LogP contribution in [0.15, 0.2) is 11.6 Å². The van der Waals surface area contributed by atoms with Crippen LogP contribution in [0.2, 0.25) is 0 Å². The molecule has 0 saturated carbocycles. The van der Waals surface area contributed by atoms with Gasteiger partial charge in [0.25, 0.3) is 0 Å². The second-order valence-corrected chi connectivity index (χ2v) is 5.96. The summed E-state index contributed by atoms with van der Waals surface area (Å²) in [4.78, 5) is 27.5. The smallest absolute Gasteiger partial charge is 0.320 e. The molecule has 0 atom stereocenters. The first-order chi connectivity index (χ1) is 9.48. The van der Waals surface area contributed by atoms with E-state index in [1.165, 1.54) is 5.57 Å². The zero-order chi connectivity index (χ0) is 14.8. The van der Waals surface area contributed by atoms with Crippen LogP contribution in [0.3, 0.4) is 0 Å². The van der Waals surface area contributed by atoms with Gasteiger partial charge in [0.1, 0.15) is 0 Å². The maximum Gasteiger partial charge on any atom is 0.320 e. The van der Waals surface area contributed by atoms with E-state index in [9.17, 15) is 14.7 Å². The zero-order valence-electron chi connectivity index (χ0n) is 12.4. The molecule has 5 heteroatoms. The van der Waals surface area contributed by atoms with Gasteiger partial charge in [0.2, 0.25) is 0 Å². The number of urea groups is 1. The van der Waals surface area contributed by atoms with E-state index in [-0.39, 0.29) is 6.03 Å². The van der Waals surface area contributed by atoms with Crippen molar-refractivity contribution in [1.29, 1.82) is 0 Å². The average molecular weight is 280 g/mol. The number of rotatable bonds is 2. The van der Waals surface area contributed by atoms with Crippen LogP contribution >= 0.6 is 0 Å². The molecule has 0 aliphatic carbocycles. The summed E-state index contributed by atoms with van der Waals surface area (Å²) in [6.07, 6.45) is 4.79. The molecule has 0 spiro atoms. The Labute approximate surface area is 120 Å². The minimum Gasteiger partial charge on any atom is -0.481 e. The van der Waals surface area contributed by atoms with Gasteiger partial charge in [-0.3, -0.25) is 4.79 Å². The highest BCUT2D eigenvalue weighted by Crippen LogP contribution is 2.35. The van der Waals surface area contributed by atoms with Crippen LogP contribution in [0.1, 0.15) is 39.5 Å². The molecule has 20 heavy (non-hydrogen) atoms. The van der Waals surface area contributed by atoms with Crippen LogP contribution in [-0.4, -0.2) is 53.1 Å². The lowest BCUT2D eigenvalue weighted by atomic mass is 9.76. The van der Waals surface area contributed by atoms with Crippen LogP contribution < -0.4 is 0 Å². The molecule has 0 aromatic carbocycles. The van der Waals surface area contributed by atoms with E-state index in [2.05, 4.69) is 13.0 Å². The van der Waals surface area contributed by atoms with Crippen LogP contribution in [0.4, 0.5) is 4.79 Å². The van der Waals surface area contributed by atoms with Gasteiger partial charge in [-0.1, -0.05) is 18.6 Å². The molecule has 2 rings (SSSR count). The highest BCUT2D eigenvalue weighted by molar-refractivity contribution is 5.77. The second-order valence-electron chi connectivity index (χ2n) is 5.96. The van der Waals surface area contributed by atoms with Crippen molar-refractivity contribution in [3.8, 4) is 0 Å². The first-order valence-electron chi connectivity index (χ1n) is 7.41. The lowest BCUT2D eigenvalue weighted by Crippen LogP contribution is -2.51. The lowest BCUT2D eigenvalue weighted by molar-refractivity contribution is -0.152. The summed E-state index contributed by atoms with van der Waals surface area (Å²) in [5.41, 5.74) is 0.707. The molecule has 112 valence electrons. The molecular formula is C15H24N2O3. The van der Waals surface area contributed by atoms with Crippen molar-refractivity contribution >= 4 is 12.0 Å². The number of piperidine rings is 1. The second kappa shape index (κ2) is 5.85. The number of carbonyl (C=O) groups excluding carboxylic acids is 1. The van der Waals surface area contributed by atoms with Crippen molar-refractivity contribution in [1.82, 2.24) is 9.80 Å². The number of hydrogen-bond donors (Lipinski definition) is 1. The first kappa shape index (κ1) is 14.9. The summed E-state index contributed by atoms with van der Waals surface area (Å²) in [6, 6.07) is 0.0591. The van der Waals surface area contributed by atoms with Gasteiger partial charge in [0.15, 0.2) is 0 Å². The fourth-order valence-corrected chi connectivity index (χ4v) is 2.99. The third-order valence-corrected chi connectivity index (χ3v) is 4.83. The number of amides is 2. The van der Waals surface area contributed by atoms with Crippen molar-refractivity contribution in [3.05, 3.63) is 11.6 Å². The molecule has 0 unspecified atom stereocenters. The summed E-state index contributed by atoms with van der Waals surface area (Å²) in [6.45, 7) is 6.57. The van der Waals surface area contributed by atoms with E-state index < -0.39 is 11.4 Å². The summed E-state index contributed by atoms with van der Waals surface area (Å²) in [5, 5.41) is 9.37. The summed E-state index contributed by atoms with van der Waals surface area (Å²) < 4.78 is 0. The van der Waals surface area contributed by atoms with Crippen LogP contribution in [0.5, 0.6) is 0 Å². The number of likely N-dealkylation sites (tertiary alicyclic amines) is 1. The standard InChI is InChI=1S/C15H24N2O3/c1-3-15(13(18)19)6-10-17(11-7-15)14(20)16-8-4-12(2)5-9-16/h4H,3,5-11H2,1-2H3,(H,18,19). The number of aliphatic carboxylic acids is 1. The van der Waals surface area contributed by atoms with Gasteiger partial charge in [-0.15, -0.1) is 0 Å². The molecule has 2 aliphatic heterocycles. The zero-order valence-corrected chi connectivity index (χ0v) is 12.4. The maximum absolute atomic E-state index is 12.4.